The smallest absolute Gasteiger partial charge is 0.306 e. The summed E-state index contributed by atoms with van der Waals surface area (Å²) in [7, 11) is 0. The number of hydrogen-bond acceptors (Lipinski definition) is 6. The number of ether oxygens (including phenoxy) is 3. The molecular formula is C63H116O6. The number of allylic oxidation sites excluding steroid dienone is 6. The molecule has 69 heavy (non-hydrogen) atoms. The van der Waals surface area contributed by atoms with Gasteiger partial charge >= 0.3 is 17.9 Å². The lowest BCUT2D eigenvalue weighted by Gasteiger charge is -2.18. The van der Waals surface area contributed by atoms with Crippen LogP contribution in [0.5, 0.6) is 0 Å². The fourth-order valence-corrected chi connectivity index (χ4v) is 8.93. The van der Waals surface area contributed by atoms with Crippen molar-refractivity contribution >= 4 is 17.9 Å². The molecule has 0 aromatic rings. The highest BCUT2D eigenvalue weighted by molar-refractivity contribution is 5.71. The molecule has 0 spiro atoms. The third-order valence-electron chi connectivity index (χ3n) is 13.6. The molecule has 1 unspecified atom stereocenters. The van der Waals surface area contributed by atoms with E-state index in [2.05, 4.69) is 57.2 Å². The summed E-state index contributed by atoms with van der Waals surface area (Å²) >= 11 is 0. The van der Waals surface area contributed by atoms with Crippen LogP contribution in [0, 0.1) is 0 Å². The quantitative estimate of drug-likeness (QED) is 0.0261. The average Bonchev–Trinajstić information content (AvgIpc) is 3.35. The van der Waals surface area contributed by atoms with E-state index in [4.69, 9.17) is 14.2 Å². The van der Waals surface area contributed by atoms with Gasteiger partial charge in [-0.3, -0.25) is 14.4 Å². The lowest BCUT2D eigenvalue weighted by molar-refractivity contribution is -0.167. The van der Waals surface area contributed by atoms with Gasteiger partial charge in [0.15, 0.2) is 6.10 Å². The summed E-state index contributed by atoms with van der Waals surface area (Å²) in [5, 5.41) is 0. The maximum atomic E-state index is 12.8. The van der Waals surface area contributed by atoms with Crippen LogP contribution in [0.2, 0.25) is 0 Å². The summed E-state index contributed by atoms with van der Waals surface area (Å²) in [6, 6.07) is 0. The molecule has 0 heterocycles. The van der Waals surface area contributed by atoms with Crippen molar-refractivity contribution in [2.45, 2.75) is 335 Å². The monoisotopic (exact) mass is 969 g/mol. The molecule has 0 aromatic carbocycles. The second-order valence-corrected chi connectivity index (χ2v) is 20.6. The predicted molar refractivity (Wildman–Crippen MR) is 298 cm³/mol. The van der Waals surface area contributed by atoms with E-state index < -0.39 is 6.10 Å². The summed E-state index contributed by atoms with van der Waals surface area (Å²) in [5.74, 6) is -0.881. The molecule has 1 atom stereocenters. The maximum absolute atomic E-state index is 12.8. The Morgan fingerprint density at radius 2 is 0.493 bits per heavy atom. The Morgan fingerprint density at radius 1 is 0.275 bits per heavy atom. The maximum Gasteiger partial charge on any atom is 0.306 e. The van der Waals surface area contributed by atoms with Gasteiger partial charge in [-0.15, -0.1) is 0 Å². The molecule has 0 aliphatic carbocycles. The molecule has 404 valence electrons. The van der Waals surface area contributed by atoms with Crippen molar-refractivity contribution in [3.63, 3.8) is 0 Å². The minimum Gasteiger partial charge on any atom is -0.462 e. The van der Waals surface area contributed by atoms with Crippen LogP contribution in [0.4, 0.5) is 0 Å². The van der Waals surface area contributed by atoms with E-state index in [1.807, 2.05) is 0 Å². The van der Waals surface area contributed by atoms with Crippen LogP contribution in [-0.4, -0.2) is 37.2 Å². The Morgan fingerprint density at radius 3 is 0.768 bits per heavy atom. The molecule has 0 aliphatic rings. The zero-order valence-corrected chi connectivity index (χ0v) is 46.3. The van der Waals surface area contributed by atoms with E-state index in [1.54, 1.807) is 0 Å². The molecule has 0 saturated heterocycles. The zero-order chi connectivity index (χ0) is 50.0. The second-order valence-electron chi connectivity index (χ2n) is 20.6. The van der Waals surface area contributed by atoms with Gasteiger partial charge in [0.25, 0.3) is 0 Å². The van der Waals surface area contributed by atoms with Gasteiger partial charge in [0.05, 0.1) is 0 Å². The minimum absolute atomic E-state index is 0.0751. The number of rotatable bonds is 56. The molecule has 0 rings (SSSR count). The van der Waals surface area contributed by atoms with Gasteiger partial charge < -0.3 is 14.2 Å². The Labute approximate surface area is 429 Å². The number of carbonyl (C=O) groups is 3. The normalized spacial score (nSPS) is 12.2. The topological polar surface area (TPSA) is 78.9 Å². The molecule has 0 fully saturated rings. The van der Waals surface area contributed by atoms with Crippen LogP contribution in [0.15, 0.2) is 36.5 Å². The van der Waals surface area contributed by atoms with Crippen molar-refractivity contribution in [2.75, 3.05) is 13.2 Å². The highest BCUT2D eigenvalue weighted by Gasteiger charge is 2.19. The summed E-state index contributed by atoms with van der Waals surface area (Å²) < 4.78 is 16.8. The second kappa shape index (κ2) is 58.2. The van der Waals surface area contributed by atoms with Gasteiger partial charge in [-0.05, 0) is 83.5 Å². The van der Waals surface area contributed by atoms with Crippen molar-refractivity contribution in [3.05, 3.63) is 36.5 Å². The SMILES string of the molecule is CCCC/C=C\CCCCCCCC(=O)OCC(COC(=O)CCCCCCCCCCCCCCCCCCC/C=C\CCCCCCCCCC)OC(=O)CCCCCCC/C=C\CCCC. The van der Waals surface area contributed by atoms with E-state index in [-0.39, 0.29) is 31.1 Å². The molecule has 0 radical (unpaired) electrons. The fourth-order valence-electron chi connectivity index (χ4n) is 8.93. The average molecular weight is 970 g/mol. The molecule has 6 heteroatoms. The van der Waals surface area contributed by atoms with Crippen molar-refractivity contribution in [1.82, 2.24) is 0 Å². The van der Waals surface area contributed by atoms with E-state index in [0.717, 1.165) is 77.0 Å². The van der Waals surface area contributed by atoms with Crippen LogP contribution >= 0.6 is 0 Å². The molecule has 0 N–H and O–H groups in total. The van der Waals surface area contributed by atoms with E-state index in [1.165, 1.54) is 212 Å². The lowest BCUT2D eigenvalue weighted by Crippen LogP contribution is -2.30. The van der Waals surface area contributed by atoms with Crippen LogP contribution in [0.1, 0.15) is 329 Å². The summed E-state index contributed by atoms with van der Waals surface area (Å²) in [6.45, 7) is 6.58. The number of unbranched alkanes of at least 4 members (excludes halogenated alkanes) is 39. The first-order valence-electron chi connectivity index (χ1n) is 30.5. The van der Waals surface area contributed by atoms with E-state index >= 15 is 0 Å². The predicted octanol–water partition coefficient (Wildman–Crippen LogP) is 20.4. The third kappa shape index (κ3) is 56.4. The number of hydrogen-bond donors (Lipinski definition) is 0. The largest absolute Gasteiger partial charge is 0.462 e. The van der Waals surface area contributed by atoms with Crippen LogP contribution in [0.3, 0.4) is 0 Å². The summed E-state index contributed by atoms with van der Waals surface area (Å²) in [4.78, 5) is 38.0. The summed E-state index contributed by atoms with van der Waals surface area (Å²) in [6.07, 6.45) is 70.3. The fraction of sp³-hybridized carbons (Fsp3) is 0.857. The molecule has 0 amide bonds. The molecule has 6 nitrogen and oxygen atoms in total. The van der Waals surface area contributed by atoms with Gasteiger partial charge in [0.1, 0.15) is 13.2 Å². The van der Waals surface area contributed by atoms with Crippen LogP contribution < -0.4 is 0 Å². The molecule has 0 aromatic heterocycles. The standard InChI is InChI=1S/C63H116O6/c1-4-7-10-13-16-19-22-23-24-25-26-27-28-29-30-31-32-33-34-35-36-37-38-39-42-44-47-50-53-56-62(65)68-59-60(69-63(66)57-54-51-48-45-41-21-18-15-12-9-6-3)58-67-61(64)55-52-49-46-43-40-20-17-14-11-8-5-2/h14-15,17-18,25-26,60H,4-13,16,19-24,27-59H2,1-3H3/b17-14-,18-15-,26-25-. The van der Waals surface area contributed by atoms with Gasteiger partial charge in [-0.1, -0.05) is 263 Å². The zero-order valence-electron chi connectivity index (χ0n) is 46.3. The summed E-state index contributed by atoms with van der Waals surface area (Å²) in [5.41, 5.74) is 0. The first-order chi connectivity index (χ1) is 34.0. The van der Waals surface area contributed by atoms with Crippen molar-refractivity contribution in [1.29, 1.82) is 0 Å². The highest BCUT2D eigenvalue weighted by atomic mass is 16.6. The molecule has 0 aliphatic heterocycles. The lowest BCUT2D eigenvalue weighted by atomic mass is 10.0. The molecule has 0 bridgehead atoms. The third-order valence-corrected chi connectivity index (χ3v) is 13.6. The Bertz CT molecular complexity index is 1160. The Balaban J connectivity index is 4.06. The van der Waals surface area contributed by atoms with Crippen LogP contribution in [-0.2, 0) is 28.6 Å². The van der Waals surface area contributed by atoms with Crippen molar-refractivity contribution in [2.24, 2.45) is 0 Å². The van der Waals surface area contributed by atoms with Crippen LogP contribution in [0.25, 0.3) is 0 Å². The van der Waals surface area contributed by atoms with Crippen molar-refractivity contribution < 1.29 is 28.6 Å². The van der Waals surface area contributed by atoms with Crippen molar-refractivity contribution in [3.8, 4) is 0 Å². The highest BCUT2D eigenvalue weighted by Crippen LogP contribution is 2.17. The molecular weight excluding hydrogens is 853 g/mol. The van der Waals surface area contributed by atoms with Gasteiger partial charge in [0.2, 0.25) is 0 Å². The number of carbonyl (C=O) groups excluding carboxylic acids is 3. The number of esters is 3. The Kier molecular flexibility index (Phi) is 56.2. The van der Waals surface area contributed by atoms with Gasteiger partial charge in [-0.2, -0.15) is 0 Å². The Hall–Kier alpha value is -2.37. The van der Waals surface area contributed by atoms with Gasteiger partial charge in [0, 0.05) is 19.3 Å². The first kappa shape index (κ1) is 66.6. The van der Waals surface area contributed by atoms with E-state index in [9.17, 15) is 14.4 Å². The minimum atomic E-state index is -0.776. The molecule has 0 saturated carbocycles. The van der Waals surface area contributed by atoms with E-state index in [0.29, 0.717) is 19.3 Å². The van der Waals surface area contributed by atoms with Gasteiger partial charge in [-0.25, -0.2) is 0 Å². The first-order valence-corrected chi connectivity index (χ1v) is 30.5.